The van der Waals surface area contributed by atoms with Crippen LogP contribution in [0.25, 0.3) is 0 Å². The Balaban J connectivity index is 1.62. The average molecular weight is 284 g/mol. The summed E-state index contributed by atoms with van der Waals surface area (Å²) in [5.74, 6) is 0.582. The van der Waals surface area contributed by atoms with Crippen molar-refractivity contribution in [2.75, 3.05) is 19.8 Å². The molecule has 1 saturated heterocycles. The molecule has 0 aliphatic carbocycles. The minimum Gasteiger partial charge on any atom is -0.491 e. The molecule has 19 heavy (non-hydrogen) atoms. The van der Waals surface area contributed by atoms with Crippen LogP contribution < -0.4 is 10.1 Å². The molecule has 2 rings (SSSR count). The van der Waals surface area contributed by atoms with Crippen LogP contribution in [-0.4, -0.2) is 31.8 Å². The van der Waals surface area contributed by atoms with E-state index in [1.54, 1.807) is 12.1 Å². The Kier molecular flexibility index (Phi) is 5.48. The van der Waals surface area contributed by atoms with Crippen LogP contribution in [0, 0.1) is 0 Å². The van der Waals surface area contributed by atoms with E-state index in [1.807, 2.05) is 12.1 Å². The maximum absolute atomic E-state index is 11.6. The zero-order valence-corrected chi connectivity index (χ0v) is 11.5. The zero-order valence-electron chi connectivity index (χ0n) is 10.7. The lowest BCUT2D eigenvalue weighted by molar-refractivity contribution is -0.122. The number of para-hydroxylation sites is 1. The molecule has 1 aromatic carbocycles. The molecule has 1 heterocycles. The Bertz CT molecular complexity index is 419. The summed E-state index contributed by atoms with van der Waals surface area (Å²) in [4.78, 5) is 11.6. The third-order valence-corrected chi connectivity index (χ3v) is 3.29. The second-order valence-corrected chi connectivity index (χ2v) is 4.88. The largest absolute Gasteiger partial charge is 0.491 e. The van der Waals surface area contributed by atoms with Gasteiger partial charge in [0.05, 0.1) is 24.2 Å². The quantitative estimate of drug-likeness (QED) is 0.872. The Morgan fingerprint density at radius 2 is 2.32 bits per heavy atom. The molecule has 1 aliphatic rings. The SMILES string of the molecule is O=C(CCOc1ccccc1Cl)NC[C@H]1CCCO1. The van der Waals surface area contributed by atoms with Gasteiger partial charge in [0, 0.05) is 13.2 Å². The molecule has 0 bridgehead atoms. The summed E-state index contributed by atoms with van der Waals surface area (Å²) in [5, 5.41) is 3.41. The fourth-order valence-electron chi connectivity index (χ4n) is 1.94. The van der Waals surface area contributed by atoms with Crippen molar-refractivity contribution in [2.45, 2.75) is 25.4 Å². The van der Waals surface area contributed by atoms with Crippen molar-refractivity contribution < 1.29 is 14.3 Å². The molecule has 0 saturated carbocycles. The van der Waals surface area contributed by atoms with Gasteiger partial charge < -0.3 is 14.8 Å². The molecule has 0 spiro atoms. The Labute approximate surface area is 118 Å². The second-order valence-electron chi connectivity index (χ2n) is 4.47. The number of nitrogens with one attached hydrogen (secondary N) is 1. The van der Waals surface area contributed by atoms with Gasteiger partial charge in [0.25, 0.3) is 0 Å². The van der Waals surface area contributed by atoms with Gasteiger partial charge in [0.2, 0.25) is 5.91 Å². The van der Waals surface area contributed by atoms with Crippen LogP contribution in [0.3, 0.4) is 0 Å². The minimum atomic E-state index is -0.0254. The highest BCUT2D eigenvalue weighted by Crippen LogP contribution is 2.23. The fourth-order valence-corrected chi connectivity index (χ4v) is 2.13. The number of carbonyl (C=O) groups is 1. The minimum absolute atomic E-state index is 0.0254. The Morgan fingerprint density at radius 3 is 3.05 bits per heavy atom. The molecule has 1 aromatic rings. The smallest absolute Gasteiger partial charge is 0.223 e. The van der Waals surface area contributed by atoms with Crippen LogP contribution in [0.4, 0.5) is 0 Å². The number of amides is 1. The van der Waals surface area contributed by atoms with Crippen molar-refractivity contribution in [3.8, 4) is 5.75 Å². The van der Waals surface area contributed by atoms with E-state index in [0.29, 0.717) is 30.3 Å². The lowest BCUT2D eigenvalue weighted by atomic mass is 10.2. The van der Waals surface area contributed by atoms with Crippen LogP contribution in [0.5, 0.6) is 5.75 Å². The van der Waals surface area contributed by atoms with Crippen LogP contribution >= 0.6 is 11.6 Å². The monoisotopic (exact) mass is 283 g/mol. The first-order chi connectivity index (χ1) is 9.25. The maximum atomic E-state index is 11.6. The Hall–Kier alpha value is -1.26. The van der Waals surface area contributed by atoms with E-state index in [0.717, 1.165) is 19.4 Å². The average Bonchev–Trinajstić information content (AvgIpc) is 2.92. The van der Waals surface area contributed by atoms with E-state index >= 15 is 0 Å². The third kappa shape index (κ3) is 4.73. The van der Waals surface area contributed by atoms with Gasteiger partial charge in [0.1, 0.15) is 5.75 Å². The molecular weight excluding hydrogens is 266 g/mol. The van der Waals surface area contributed by atoms with Crippen molar-refractivity contribution in [2.24, 2.45) is 0 Å². The zero-order chi connectivity index (χ0) is 13.5. The molecular formula is C14H18ClNO3. The van der Waals surface area contributed by atoms with Gasteiger partial charge in [-0.1, -0.05) is 23.7 Å². The van der Waals surface area contributed by atoms with Gasteiger partial charge in [-0.25, -0.2) is 0 Å². The molecule has 1 N–H and O–H groups in total. The van der Waals surface area contributed by atoms with Crippen LogP contribution in [0.15, 0.2) is 24.3 Å². The summed E-state index contributed by atoms with van der Waals surface area (Å²) in [5.41, 5.74) is 0. The van der Waals surface area contributed by atoms with E-state index in [-0.39, 0.29) is 12.0 Å². The van der Waals surface area contributed by atoms with E-state index < -0.39 is 0 Å². The predicted octanol–water partition coefficient (Wildman–Crippen LogP) is 2.40. The number of carbonyl (C=O) groups excluding carboxylic acids is 1. The van der Waals surface area contributed by atoms with Gasteiger partial charge in [-0.15, -0.1) is 0 Å². The van der Waals surface area contributed by atoms with E-state index in [1.165, 1.54) is 0 Å². The van der Waals surface area contributed by atoms with Crippen molar-refractivity contribution >= 4 is 17.5 Å². The summed E-state index contributed by atoms with van der Waals surface area (Å²) < 4.78 is 10.9. The molecule has 5 heteroatoms. The van der Waals surface area contributed by atoms with Crippen LogP contribution in [0.2, 0.25) is 5.02 Å². The highest BCUT2D eigenvalue weighted by Gasteiger charge is 2.15. The van der Waals surface area contributed by atoms with Crippen molar-refractivity contribution in [1.29, 1.82) is 0 Å². The normalized spacial score (nSPS) is 18.3. The molecule has 1 atom stereocenters. The predicted molar refractivity (Wildman–Crippen MR) is 73.5 cm³/mol. The van der Waals surface area contributed by atoms with Gasteiger partial charge >= 0.3 is 0 Å². The lowest BCUT2D eigenvalue weighted by Crippen LogP contribution is -2.32. The van der Waals surface area contributed by atoms with Gasteiger partial charge in [-0.2, -0.15) is 0 Å². The first kappa shape index (κ1) is 14.2. The van der Waals surface area contributed by atoms with Gasteiger partial charge in [-0.3, -0.25) is 4.79 Å². The number of ether oxygens (including phenoxy) is 2. The summed E-state index contributed by atoms with van der Waals surface area (Å²) in [6.45, 7) is 1.71. The first-order valence-electron chi connectivity index (χ1n) is 6.51. The molecule has 4 nitrogen and oxygen atoms in total. The number of hydrogen-bond donors (Lipinski definition) is 1. The topological polar surface area (TPSA) is 47.6 Å². The number of benzene rings is 1. The first-order valence-corrected chi connectivity index (χ1v) is 6.89. The highest BCUT2D eigenvalue weighted by atomic mass is 35.5. The van der Waals surface area contributed by atoms with Crippen molar-refractivity contribution in [3.63, 3.8) is 0 Å². The lowest BCUT2D eigenvalue weighted by Gasteiger charge is -2.11. The van der Waals surface area contributed by atoms with E-state index in [2.05, 4.69) is 5.32 Å². The van der Waals surface area contributed by atoms with Crippen LogP contribution in [0.1, 0.15) is 19.3 Å². The summed E-state index contributed by atoms with van der Waals surface area (Å²) in [6.07, 6.45) is 2.60. The summed E-state index contributed by atoms with van der Waals surface area (Å²) in [7, 11) is 0. The molecule has 104 valence electrons. The van der Waals surface area contributed by atoms with Crippen molar-refractivity contribution in [3.05, 3.63) is 29.3 Å². The fraction of sp³-hybridized carbons (Fsp3) is 0.500. The van der Waals surface area contributed by atoms with E-state index in [4.69, 9.17) is 21.1 Å². The molecule has 0 aromatic heterocycles. The summed E-state index contributed by atoms with van der Waals surface area (Å²) in [6, 6.07) is 7.23. The molecule has 0 unspecified atom stereocenters. The second kappa shape index (κ2) is 7.36. The van der Waals surface area contributed by atoms with Crippen LogP contribution in [-0.2, 0) is 9.53 Å². The number of hydrogen-bond acceptors (Lipinski definition) is 3. The van der Waals surface area contributed by atoms with Crippen molar-refractivity contribution in [1.82, 2.24) is 5.32 Å². The number of halogens is 1. The molecule has 1 fully saturated rings. The van der Waals surface area contributed by atoms with E-state index in [9.17, 15) is 4.79 Å². The number of rotatable bonds is 6. The van der Waals surface area contributed by atoms with Gasteiger partial charge in [-0.05, 0) is 25.0 Å². The maximum Gasteiger partial charge on any atom is 0.223 e. The van der Waals surface area contributed by atoms with Gasteiger partial charge in [0.15, 0.2) is 0 Å². The third-order valence-electron chi connectivity index (χ3n) is 2.97. The standard InChI is InChI=1S/C14H18ClNO3/c15-12-5-1-2-6-13(12)19-9-7-14(17)16-10-11-4-3-8-18-11/h1-2,5-6,11H,3-4,7-10H2,(H,16,17)/t11-/m1/s1. The highest BCUT2D eigenvalue weighted by molar-refractivity contribution is 6.32. The molecule has 1 amide bonds. The molecule has 0 radical (unpaired) electrons. The Morgan fingerprint density at radius 1 is 1.47 bits per heavy atom. The summed E-state index contributed by atoms with van der Waals surface area (Å²) >= 11 is 5.94. The molecule has 1 aliphatic heterocycles.